The van der Waals surface area contributed by atoms with Crippen molar-refractivity contribution >= 4 is 11.5 Å². The number of nitrogens with one attached hydrogen (secondary N) is 1. The van der Waals surface area contributed by atoms with Crippen molar-refractivity contribution in [3.63, 3.8) is 0 Å². The quantitative estimate of drug-likeness (QED) is 0.628. The zero-order chi connectivity index (χ0) is 15.9. The molecule has 0 spiro atoms. The summed E-state index contributed by atoms with van der Waals surface area (Å²) in [5.41, 5.74) is 2.75. The summed E-state index contributed by atoms with van der Waals surface area (Å²) in [7, 11) is 1.61. The van der Waals surface area contributed by atoms with Crippen LogP contribution in [0, 0.1) is 17.0 Å². The number of anilines is 1. The third kappa shape index (κ3) is 4.26. The van der Waals surface area contributed by atoms with Crippen molar-refractivity contribution in [2.75, 3.05) is 19.0 Å². The van der Waals surface area contributed by atoms with Gasteiger partial charge in [-0.15, -0.1) is 0 Å². The summed E-state index contributed by atoms with van der Waals surface area (Å²) in [6.07, 6.45) is 2.12. The average molecular weight is 301 g/mol. The average Bonchev–Trinajstić information content (AvgIpc) is 2.50. The number of nitro groups is 1. The highest BCUT2D eigenvalue weighted by Gasteiger charge is 2.18. The van der Waals surface area contributed by atoms with Crippen molar-refractivity contribution in [3.8, 4) is 0 Å². The molecule has 0 bridgehead atoms. The molecule has 2 aromatic rings. The van der Waals surface area contributed by atoms with Gasteiger partial charge < -0.3 is 20.2 Å². The molecule has 1 unspecified atom stereocenters. The molecule has 1 atom stereocenters. The Bertz CT molecular complexity index is 629. The molecular weight excluding hydrogens is 282 g/mol. The van der Waals surface area contributed by atoms with Crippen LogP contribution in [0.15, 0.2) is 42.6 Å². The zero-order valence-electron chi connectivity index (χ0n) is 12.7. The van der Waals surface area contributed by atoms with Gasteiger partial charge in [-0.05, 0) is 40.9 Å². The topological polar surface area (TPSA) is 77.3 Å². The molecule has 0 saturated carbocycles. The largest absolute Gasteiger partial charge is 0.386 e. The normalized spacial score (nSPS) is 11.9. The second kappa shape index (κ2) is 7.51. The van der Waals surface area contributed by atoms with E-state index in [1.807, 2.05) is 19.1 Å². The molecule has 0 saturated heterocycles. The molecule has 0 aliphatic heterocycles. The number of methoxy groups -OCH3 is 1. The van der Waals surface area contributed by atoms with Crippen LogP contribution in [0.1, 0.15) is 11.1 Å². The molecule has 1 heterocycles. The lowest BCUT2D eigenvalue weighted by Gasteiger charge is -2.19. The fraction of sp³-hybridized carbons (Fsp3) is 0.312. The summed E-state index contributed by atoms with van der Waals surface area (Å²) in [5, 5.41) is 14.2. The predicted molar refractivity (Wildman–Crippen MR) is 85.1 cm³/mol. The van der Waals surface area contributed by atoms with Crippen LogP contribution in [0.3, 0.4) is 0 Å². The first kappa shape index (κ1) is 15.9. The van der Waals surface area contributed by atoms with Crippen LogP contribution in [0.2, 0.25) is 0 Å². The summed E-state index contributed by atoms with van der Waals surface area (Å²) in [4.78, 5) is 14.3. The van der Waals surface area contributed by atoms with Crippen molar-refractivity contribution in [2.45, 2.75) is 19.4 Å². The van der Waals surface area contributed by atoms with Crippen molar-refractivity contribution in [1.82, 2.24) is 4.98 Å². The molecule has 6 nitrogen and oxygen atoms in total. The Morgan fingerprint density at radius 2 is 2.05 bits per heavy atom. The molecule has 1 aromatic carbocycles. The van der Waals surface area contributed by atoms with Gasteiger partial charge in [0.2, 0.25) is 0 Å². The van der Waals surface area contributed by atoms with Crippen LogP contribution in [0.4, 0.5) is 11.5 Å². The van der Waals surface area contributed by atoms with E-state index in [-0.39, 0.29) is 11.9 Å². The number of rotatable bonds is 7. The highest BCUT2D eigenvalue weighted by atomic mass is 16.6. The number of ether oxygens (including phenoxy) is 1. The molecule has 1 aromatic heterocycles. The van der Waals surface area contributed by atoms with E-state index in [1.165, 1.54) is 11.8 Å². The van der Waals surface area contributed by atoms with Gasteiger partial charge in [-0.2, -0.15) is 0 Å². The van der Waals surface area contributed by atoms with Crippen molar-refractivity contribution in [2.24, 2.45) is 0 Å². The maximum absolute atomic E-state index is 11.0. The molecular formula is C16H19N3O3. The Kier molecular flexibility index (Phi) is 5.43. The van der Waals surface area contributed by atoms with Crippen LogP contribution in [0.5, 0.6) is 0 Å². The summed E-state index contributed by atoms with van der Waals surface area (Å²) < 4.78 is 5.22. The second-order valence-electron chi connectivity index (χ2n) is 5.12. The third-order valence-electron chi connectivity index (χ3n) is 3.29. The molecule has 0 fully saturated rings. The summed E-state index contributed by atoms with van der Waals surface area (Å²) in [6.45, 7) is 2.48. The van der Waals surface area contributed by atoms with E-state index in [1.54, 1.807) is 19.2 Å². The van der Waals surface area contributed by atoms with Crippen molar-refractivity contribution in [3.05, 3.63) is 63.8 Å². The highest BCUT2D eigenvalue weighted by molar-refractivity contribution is 5.57. The smallest absolute Gasteiger partial charge is 0.383 e. The number of pyridine rings is 1. The Hall–Kier alpha value is -2.47. The number of hydrogen-bond donors (Lipinski definition) is 1. The molecule has 0 amide bonds. The number of nitrogens with zero attached hydrogens (tertiary/aromatic N) is 2. The summed E-state index contributed by atoms with van der Waals surface area (Å²) in [6, 6.07) is 11.5. The van der Waals surface area contributed by atoms with E-state index in [2.05, 4.69) is 22.4 Å². The van der Waals surface area contributed by atoms with E-state index in [0.29, 0.717) is 18.7 Å². The molecule has 2 rings (SSSR count). The van der Waals surface area contributed by atoms with Gasteiger partial charge in [0, 0.05) is 7.11 Å². The predicted octanol–water partition coefficient (Wildman–Crippen LogP) is 2.97. The maximum atomic E-state index is 11.0. The van der Waals surface area contributed by atoms with Crippen LogP contribution in [-0.4, -0.2) is 29.7 Å². The zero-order valence-corrected chi connectivity index (χ0v) is 12.7. The van der Waals surface area contributed by atoms with Crippen LogP contribution in [-0.2, 0) is 11.2 Å². The minimum absolute atomic E-state index is 0.0735. The van der Waals surface area contributed by atoms with E-state index in [9.17, 15) is 10.1 Å². The SMILES string of the molecule is COCC(Cc1ccc(C)cc1)Nc1cccnc1[N+](=O)[O-]. The summed E-state index contributed by atoms with van der Waals surface area (Å²) in [5.74, 6) is -0.174. The molecule has 6 heteroatoms. The second-order valence-corrected chi connectivity index (χ2v) is 5.12. The first-order chi connectivity index (χ1) is 10.6. The standard InChI is InChI=1S/C16H19N3O3/c1-12-5-7-13(8-6-12)10-14(11-22-2)18-15-4-3-9-17-16(15)19(20)21/h3-9,14,18H,10-11H2,1-2H3. The lowest BCUT2D eigenvalue weighted by Crippen LogP contribution is -2.28. The fourth-order valence-electron chi connectivity index (χ4n) is 2.24. The van der Waals surface area contributed by atoms with Gasteiger partial charge in [0.1, 0.15) is 11.9 Å². The fourth-order valence-corrected chi connectivity index (χ4v) is 2.24. The molecule has 0 aliphatic carbocycles. The van der Waals surface area contributed by atoms with Gasteiger partial charge in [-0.1, -0.05) is 29.8 Å². The van der Waals surface area contributed by atoms with Crippen LogP contribution < -0.4 is 5.32 Å². The lowest BCUT2D eigenvalue weighted by molar-refractivity contribution is -0.388. The van der Waals surface area contributed by atoms with Crippen molar-refractivity contribution in [1.29, 1.82) is 0 Å². The third-order valence-corrected chi connectivity index (χ3v) is 3.29. The number of hydrogen-bond acceptors (Lipinski definition) is 5. The van der Waals surface area contributed by atoms with Gasteiger partial charge in [0.15, 0.2) is 0 Å². The van der Waals surface area contributed by atoms with Crippen molar-refractivity contribution < 1.29 is 9.66 Å². The first-order valence-corrected chi connectivity index (χ1v) is 7.00. The Labute approximate surface area is 129 Å². The minimum Gasteiger partial charge on any atom is -0.383 e. The number of aromatic nitrogens is 1. The number of benzene rings is 1. The van der Waals surface area contributed by atoms with Gasteiger partial charge in [0.05, 0.1) is 12.6 Å². The first-order valence-electron chi connectivity index (χ1n) is 7.00. The molecule has 116 valence electrons. The molecule has 0 radical (unpaired) electrons. The maximum Gasteiger partial charge on any atom is 0.386 e. The Balaban J connectivity index is 2.15. The van der Waals surface area contributed by atoms with E-state index < -0.39 is 4.92 Å². The highest BCUT2D eigenvalue weighted by Crippen LogP contribution is 2.22. The molecule has 0 aliphatic rings. The summed E-state index contributed by atoms with van der Waals surface area (Å²) >= 11 is 0. The van der Waals surface area contributed by atoms with Crippen LogP contribution in [0.25, 0.3) is 0 Å². The minimum atomic E-state index is -0.488. The van der Waals surface area contributed by atoms with E-state index in [4.69, 9.17) is 4.74 Å². The van der Waals surface area contributed by atoms with E-state index in [0.717, 1.165) is 5.56 Å². The monoisotopic (exact) mass is 301 g/mol. The van der Waals surface area contributed by atoms with Gasteiger partial charge in [0.25, 0.3) is 0 Å². The number of aryl methyl sites for hydroxylation is 1. The van der Waals surface area contributed by atoms with E-state index >= 15 is 0 Å². The Morgan fingerprint density at radius 1 is 1.32 bits per heavy atom. The van der Waals surface area contributed by atoms with Gasteiger partial charge in [-0.25, -0.2) is 0 Å². The van der Waals surface area contributed by atoms with Gasteiger partial charge in [-0.3, -0.25) is 0 Å². The molecule has 22 heavy (non-hydrogen) atoms. The van der Waals surface area contributed by atoms with Crippen LogP contribution >= 0.6 is 0 Å². The Morgan fingerprint density at radius 3 is 2.68 bits per heavy atom. The lowest BCUT2D eigenvalue weighted by atomic mass is 10.0. The molecule has 1 N–H and O–H groups in total. The van der Waals surface area contributed by atoms with Gasteiger partial charge >= 0.3 is 5.82 Å².